The van der Waals surface area contributed by atoms with Gasteiger partial charge in [-0.05, 0) is 24.6 Å². The molecule has 0 radical (unpaired) electrons. The predicted molar refractivity (Wildman–Crippen MR) is 73.9 cm³/mol. The summed E-state index contributed by atoms with van der Waals surface area (Å²) in [4.78, 5) is 1.29. The minimum Gasteiger partial charge on any atom is -0.493 e. The standard InChI is InChI=1S/C12H17NO2S.ClH/c1-8-9-6-10(14-2)11(15-3)7-12(9)16-5-4-13-8;/h6-8,13H,4-5H2,1-3H3;1H. The lowest BCUT2D eigenvalue weighted by Crippen LogP contribution is -2.19. The largest absolute Gasteiger partial charge is 0.493 e. The molecule has 1 unspecified atom stereocenters. The van der Waals surface area contributed by atoms with Gasteiger partial charge in [-0.3, -0.25) is 0 Å². The second-order valence-corrected chi connectivity index (χ2v) is 4.91. The van der Waals surface area contributed by atoms with Crippen LogP contribution in [-0.4, -0.2) is 26.5 Å². The highest BCUT2D eigenvalue weighted by Crippen LogP contribution is 2.38. The fourth-order valence-corrected chi connectivity index (χ4v) is 2.92. The molecule has 0 saturated carbocycles. The van der Waals surface area contributed by atoms with Crippen LogP contribution in [0.1, 0.15) is 18.5 Å². The van der Waals surface area contributed by atoms with Gasteiger partial charge in [0, 0.05) is 23.2 Å². The molecule has 2 rings (SSSR count). The molecule has 1 heterocycles. The normalized spacial score (nSPS) is 18.6. The molecule has 1 aliphatic heterocycles. The van der Waals surface area contributed by atoms with Crippen LogP contribution in [0.3, 0.4) is 0 Å². The first-order chi connectivity index (χ1) is 7.76. The first kappa shape index (κ1) is 14.5. The molecule has 1 aliphatic rings. The Morgan fingerprint density at radius 1 is 1.24 bits per heavy atom. The highest BCUT2D eigenvalue weighted by Gasteiger charge is 2.18. The molecule has 0 amide bonds. The van der Waals surface area contributed by atoms with E-state index in [2.05, 4.69) is 24.4 Å². The van der Waals surface area contributed by atoms with Gasteiger partial charge in [0.05, 0.1) is 14.2 Å². The van der Waals surface area contributed by atoms with Crippen LogP contribution in [0, 0.1) is 0 Å². The molecule has 0 bridgehead atoms. The summed E-state index contributed by atoms with van der Waals surface area (Å²) in [7, 11) is 3.35. The number of ether oxygens (including phenoxy) is 2. The van der Waals surface area contributed by atoms with Crippen LogP contribution < -0.4 is 14.8 Å². The molecule has 0 saturated heterocycles. The predicted octanol–water partition coefficient (Wildman–Crippen LogP) is 2.88. The Balaban J connectivity index is 0.00000144. The topological polar surface area (TPSA) is 30.5 Å². The van der Waals surface area contributed by atoms with Gasteiger partial charge in [-0.1, -0.05) is 0 Å². The Bertz CT molecular complexity index is 387. The van der Waals surface area contributed by atoms with E-state index in [-0.39, 0.29) is 12.4 Å². The lowest BCUT2D eigenvalue weighted by atomic mass is 10.1. The summed E-state index contributed by atoms with van der Waals surface area (Å²) in [5.74, 6) is 2.70. The first-order valence-electron chi connectivity index (χ1n) is 5.38. The van der Waals surface area contributed by atoms with Crippen LogP contribution >= 0.6 is 24.2 Å². The number of hydrogen-bond donors (Lipinski definition) is 1. The maximum atomic E-state index is 5.33. The first-order valence-corrected chi connectivity index (χ1v) is 6.37. The van der Waals surface area contributed by atoms with Crippen molar-refractivity contribution in [1.29, 1.82) is 0 Å². The summed E-state index contributed by atoms with van der Waals surface area (Å²) in [6.45, 7) is 3.21. The summed E-state index contributed by atoms with van der Waals surface area (Å²) < 4.78 is 10.6. The van der Waals surface area contributed by atoms with Gasteiger partial charge in [-0.15, -0.1) is 24.2 Å². The molecule has 0 aliphatic carbocycles. The van der Waals surface area contributed by atoms with Crippen LogP contribution in [0.25, 0.3) is 0 Å². The number of fused-ring (bicyclic) bond motifs is 1. The zero-order valence-electron chi connectivity index (χ0n) is 10.3. The second-order valence-electron chi connectivity index (χ2n) is 3.77. The summed E-state index contributed by atoms with van der Waals surface area (Å²) in [5.41, 5.74) is 1.29. The van der Waals surface area contributed by atoms with Crippen molar-refractivity contribution in [2.75, 3.05) is 26.5 Å². The molecule has 5 heteroatoms. The summed E-state index contributed by atoms with van der Waals surface area (Å²) >= 11 is 1.86. The van der Waals surface area contributed by atoms with Gasteiger partial charge in [0.2, 0.25) is 0 Å². The van der Waals surface area contributed by atoms with Crippen LogP contribution in [0.2, 0.25) is 0 Å². The van der Waals surface area contributed by atoms with Gasteiger partial charge >= 0.3 is 0 Å². The number of thioether (sulfide) groups is 1. The van der Waals surface area contributed by atoms with E-state index in [1.807, 2.05) is 11.8 Å². The highest BCUT2D eigenvalue weighted by molar-refractivity contribution is 7.99. The maximum Gasteiger partial charge on any atom is 0.161 e. The summed E-state index contributed by atoms with van der Waals surface area (Å²) in [5, 5.41) is 3.47. The Morgan fingerprint density at radius 3 is 2.53 bits per heavy atom. The molecule has 96 valence electrons. The number of rotatable bonds is 2. The fraction of sp³-hybridized carbons (Fsp3) is 0.500. The van der Waals surface area contributed by atoms with Crippen molar-refractivity contribution in [2.24, 2.45) is 0 Å². The molecular formula is C12H18ClNO2S. The fourth-order valence-electron chi connectivity index (χ4n) is 1.89. The van der Waals surface area contributed by atoms with E-state index in [0.29, 0.717) is 6.04 Å². The Kier molecular flexibility index (Phi) is 5.43. The lowest BCUT2D eigenvalue weighted by molar-refractivity contribution is 0.353. The summed E-state index contributed by atoms with van der Waals surface area (Å²) in [6, 6.07) is 4.51. The molecule has 3 nitrogen and oxygen atoms in total. The molecule has 0 aromatic heterocycles. The quantitative estimate of drug-likeness (QED) is 0.899. The van der Waals surface area contributed by atoms with Crippen LogP contribution in [-0.2, 0) is 0 Å². The maximum absolute atomic E-state index is 5.33. The molecular weight excluding hydrogens is 258 g/mol. The Morgan fingerprint density at radius 2 is 1.88 bits per heavy atom. The summed E-state index contributed by atoms with van der Waals surface area (Å²) in [6.07, 6.45) is 0. The van der Waals surface area contributed by atoms with E-state index in [4.69, 9.17) is 9.47 Å². The van der Waals surface area contributed by atoms with Crippen LogP contribution in [0.5, 0.6) is 11.5 Å². The molecule has 17 heavy (non-hydrogen) atoms. The van der Waals surface area contributed by atoms with Crippen molar-refractivity contribution in [3.8, 4) is 11.5 Å². The van der Waals surface area contributed by atoms with Gasteiger partial charge in [0.1, 0.15) is 0 Å². The van der Waals surface area contributed by atoms with E-state index in [0.717, 1.165) is 23.8 Å². The van der Waals surface area contributed by atoms with Crippen molar-refractivity contribution >= 4 is 24.2 Å². The van der Waals surface area contributed by atoms with Gasteiger partial charge in [0.25, 0.3) is 0 Å². The van der Waals surface area contributed by atoms with Crippen LogP contribution in [0.4, 0.5) is 0 Å². The second kappa shape index (κ2) is 6.38. The van der Waals surface area contributed by atoms with Gasteiger partial charge in [-0.25, -0.2) is 0 Å². The SMILES string of the molecule is COc1cc2c(cc1OC)C(C)NCCS2.Cl. The van der Waals surface area contributed by atoms with Crippen molar-refractivity contribution in [3.63, 3.8) is 0 Å². The minimum absolute atomic E-state index is 0. The number of benzene rings is 1. The Labute approximate surface area is 113 Å². The molecule has 1 aromatic carbocycles. The highest BCUT2D eigenvalue weighted by atomic mass is 35.5. The zero-order chi connectivity index (χ0) is 11.5. The molecule has 1 atom stereocenters. The van der Waals surface area contributed by atoms with E-state index in [9.17, 15) is 0 Å². The third kappa shape index (κ3) is 3.00. The lowest BCUT2D eigenvalue weighted by Gasteiger charge is -2.16. The van der Waals surface area contributed by atoms with Crippen molar-refractivity contribution in [1.82, 2.24) is 5.32 Å². The monoisotopic (exact) mass is 275 g/mol. The average molecular weight is 276 g/mol. The number of halogens is 1. The van der Waals surface area contributed by atoms with Gasteiger partial charge in [0.15, 0.2) is 11.5 Å². The van der Waals surface area contributed by atoms with Crippen molar-refractivity contribution in [2.45, 2.75) is 17.9 Å². The third-order valence-electron chi connectivity index (χ3n) is 2.79. The zero-order valence-corrected chi connectivity index (χ0v) is 11.9. The Hall–Kier alpha value is -0.580. The average Bonchev–Trinajstić information content (AvgIpc) is 2.49. The number of methoxy groups -OCH3 is 2. The number of hydrogen-bond acceptors (Lipinski definition) is 4. The molecule has 1 aromatic rings. The molecule has 0 spiro atoms. The third-order valence-corrected chi connectivity index (χ3v) is 3.87. The molecule has 1 N–H and O–H groups in total. The smallest absolute Gasteiger partial charge is 0.161 e. The number of nitrogens with one attached hydrogen (secondary N) is 1. The van der Waals surface area contributed by atoms with E-state index in [1.54, 1.807) is 14.2 Å². The van der Waals surface area contributed by atoms with Crippen molar-refractivity contribution < 1.29 is 9.47 Å². The minimum atomic E-state index is 0. The molecule has 0 fully saturated rings. The van der Waals surface area contributed by atoms with E-state index < -0.39 is 0 Å². The van der Waals surface area contributed by atoms with E-state index in [1.165, 1.54) is 10.5 Å². The van der Waals surface area contributed by atoms with Gasteiger partial charge in [-0.2, -0.15) is 0 Å². The van der Waals surface area contributed by atoms with Crippen LogP contribution in [0.15, 0.2) is 17.0 Å². The van der Waals surface area contributed by atoms with E-state index >= 15 is 0 Å². The van der Waals surface area contributed by atoms with Crippen molar-refractivity contribution in [3.05, 3.63) is 17.7 Å². The van der Waals surface area contributed by atoms with Gasteiger partial charge < -0.3 is 14.8 Å².